The average Bonchev–Trinajstić information content (AvgIpc) is 3.70. The number of benzene rings is 3. The molecule has 0 saturated carbocycles. The normalized spacial score (nSPS) is 12.7. The van der Waals surface area contributed by atoms with Gasteiger partial charge >= 0.3 is 12.7 Å². The third-order valence-electron chi connectivity index (χ3n) is 6.46. The number of nitrogens with two attached hydrogens (primary N) is 1. The molecule has 0 aliphatic carbocycles. The Balaban J connectivity index is 1.32. The molecule has 0 unspecified atom stereocenters. The van der Waals surface area contributed by atoms with E-state index in [0.717, 1.165) is 58.7 Å². The summed E-state index contributed by atoms with van der Waals surface area (Å²) in [5, 5.41) is 0. The third kappa shape index (κ3) is 6.03. The fourth-order valence-corrected chi connectivity index (χ4v) is 7.34. The fraction of sp³-hybridized carbons (Fsp3) is 0.103. The molecular formula is C29H17F6N3O2S3. The van der Waals surface area contributed by atoms with E-state index >= 15 is 0 Å². The molecule has 0 radical (unpaired) electrons. The largest absolute Gasteiger partial charge is 0.573 e. The summed E-state index contributed by atoms with van der Waals surface area (Å²) in [5.74, 6) is -0.602. The molecule has 1 aliphatic heterocycles. The van der Waals surface area contributed by atoms with Gasteiger partial charge in [0.15, 0.2) is 0 Å². The molecule has 6 rings (SSSR count). The fourth-order valence-electron chi connectivity index (χ4n) is 4.59. The van der Waals surface area contributed by atoms with Crippen LogP contribution in [0.4, 0.5) is 43.4 Å². The second-order valence-electron chi connectivity index (χ2n) is 9.22. The lowest BCUT2D eigenvalue weighted by Gasteiger charge is -2.16. The van der Waals surface area contributed by atoms with Crippen LogP contribution in [0.1, 0.15) is 5.56 Å². The number of hydrogen-bond donors (Lipinski definition) is 1. The van der Waals surface area contributed by atoms with Crippen molar-refractivity contribution >= 4 is 51.1 Å². The Morgan fingerprint density at radius 3 is 1.42 bits per heavy atom. The van der Waals surface area contributed by atoms with E-state index in [1.165, 1.54) is 46.9 Å². The highest BCUT2D eigenvalue weighted by Crippen LogP contribution is 2.55. The second-order valence-corrected chi connectivity index (χ2v) is 11.9. The number of nitrogens with zero attached hydrogens (tertiary/aromatic N) is 2. The minimum absolute atomic E-state index is 0.299. The Morgan fingerprint density at radius 1 is 0.581 bits per heavy atom. The quantitative estimate of drug-likeness (QED) is 0.144. The Kier molecular flexibility index (Phi) is 7.30. The first kappa shape index (κ1) is 29.0. The molecule has 5 nitrogen and oxygen atoms in total. The molecule has 5 aromatic rings. The molecule has 3 heterocycles. The lowest BCUT2D eigenvalue weighted by Crippen LogP contribution is -2.16. The summed E-state index contributed by atoms with van der Waals surface area (Å²) in [6.45, 7) is 1.89. The van der Waals surface area contributed by atoms with E-state index in [1.54, 1.807) is 24.3 Å². The summed E-state index contributed by atoms with van der Waals surface area (Å²) >= 11 is 3.92. The second kappa shape index (κ2) is 10.8. The van der Waals surface area contributed by atoms with E-state index in [4.69, 9.17) is 5.73 Å². The van der Waals surface area contributed by atoms with Crippen molar-refractivity contribution < 1.29 is 35.8 Å². The maximum Gasteiger partial charge on any atom is 0.573 e. The van der Waals surface area contributed by atoms with Crippen LogP contribution in [0, 0.1) is 6.92 Å². The number of anilines is 1. The van der Waals surface area contributed by atoms with Crippen molar-refractivity contribution in [2.45, 2.75) is 19.6 Å². The molecule has 0 atom stereocenters. The number of fused-ring (bicyclic) bond motifs is 1. The Labute approximate surface area is 252 Å². The number of halogens is 6. The molecular weight excluding hydrogens is 633 g/mol. The number of alkyl halides is 6. The Morgan fingerprint density at radius 2 is 0.977 bits per heavy atom. The van der Waals surface area contributed by atoms with Gasteiger partial charge < -0.3 is 15.2 Å². The van der Waals surface area contributed by atoms with E-state index in [2.05, 4.69) is 18.2 Å². The van der Waals surface area contributed by atoms with Crippen LogP contribution in [0.5, 0.6) is 11.5 Å². The highest BCUT2D eigenvalue weighted by molar-refractivity contribution is 7.58. The monoisotopic (exact) mass is 649 g/mol. The number of hydrogen-bond acceptors (Lipinski definition) is 7. The molecule has 220 valence electrons. The molecule has 0 spiro atoms. The van der Waals surface area contributed by atoms with Crippen LogP contribution in [0.15, 0.2) is 81.5 Å². The molecule has 1 aliphatic rings. The first-order chi connectivity index (χ1) is 20.4. The molecule has 0 fully saturated rings. The molecule has 3 aromatic carbocycles. The molecule has 2 aromatic heterocycles. The summed E-state index contributed by atoms with van der Waals surface area (Å²) < 4.78 is 92.2. The number of ether oxygens (including phenoxy) is 2. The summed E-state index contributed by atoms with van der Waals surface area (Å²) in [5.41, 5.74) is 12.3. The SMILES string of the molecule is Cc1c(N)c(-c2ccc(-c3ccc(OC(F)(F)F)cc3)s2)c2c(c1-c1ccc(-c3ccc(OC(F)(F)F)cc3)s1)N=S=N2. The van der Waals surface area contributed by atoms with Gasteiger partial charge in [-0.15, -0.1) is 49.0 Å². The van der Waals surface area contributed by atoms with E-state index < -0.39 is 12.7 Å². The van der Waals surface area contributed by atoms with Crippen LogP contribution in [-0.2, 0) is 11.4 Å². The average molecular weight is 650 g/mol. The van der Waals surface area contributed by atoms with Crippen LogP contribution < -0.4 is 15.2 Å². The zero-order valence-electron chi connectivity index (χ0n) is 21.7. The molecule has 14 heteroatoms. The zero-order chi connectivity index (χ0) is 30.5. The molecule has 0 bridgehead atoms. The van der Waals surface area contributed by atoms with Gasteiger partial charge in [-0.3, -0.25) is 0 Å². The molecule has 0 amide bonds. The highest BCUT2D eigenvalue weighted by atomic mass is 32.1. The third-order valence-corrected chi connectivity index (χ3v) is 9.29. The van der Waals surface area contributed by atoms with Gasteiger partial charge in [0.2, 0.25) is 0 Å². The van der Waals surface area contributed by atoms with Crippen LogP contribution >= 0.6 is 22.7 Å². The van der Waals surface area contributed by atoms with Crippen LogP contribution in [0.3, 0.4) is 0 Å². The molecule has 43 heavy (non-hydrogen) atoms. The van der Waals surface area contributed by atoms with Crippen molar-refractivity contribution in [1.29, 1.82) is 0 Å². The van der Waals surface area contributed by atoms with E-state index in [1.807, 2.05) is 31.2 Å². The van der Waals surface area contributed by atoms with Gasteiger partial charge in [-0.05, 0) is 96.4 Å². The first-order valence-electron chi connectivity index (χ1n) is 12.3. The van der Waals surface area contributed by atoms with Crippen molar-refractivity contribution in [2.24, 2.45) is 8.73 Å². The maximum atomic E-state index is 12.5. The summed E-state index contributed by atoms with van der Waals surface area (Å²) in [6.07, 6.45) is -9.53. The van der Waals surface area contributed by atoms with Gasteiger partial charge in [-0.25, -0.2) is 0 Å². The van der Waals surface area contributed by atoms with Crippen molar-refractivity contribution in [3.8, 4) is 53.3 Å². The molecule has 2 N–H and O–H groups in total. The predicted octanol–water partition coefficient (Wildman–Crippen LogP) is 10.9. The molecule has 0 saturated heterocycles. The minimum Gasteiger partial charge on any atom is -0.406 e. The van der Waals surface area contributed by atoms with Crippen molar-refractivity contribution in [3.63, 3.8) is 0 Å². The predicted molar refractivity (Wildman–Crippen MR) is 158 cm³/mol. The van der Waals surface area contributed by atoms with Crippen molar-refractivity contribution in [1.82, 2.24) is 0 Å². The van der Waals surface area contributed by atoms with Gasteiger partial charge in [0.25, 0.3) is 0 Å². The summed E-state index contributed by atoms with van der Waals surface area (Å²) in [7, 11) is 0. The maximum absolute atomic E-state index is 12.5. The first-order valence-corrected chi connectivity index (χ1v) is 14.7. The number of nitrogen functional groups attached to an aromatic ring is 1. The van der Waals surface area contributed by atoms with Gasteiger partial charge in [-0.1, -0.05) is 0 Å². The smallest absolute Gasteiger partial charge is 0.406 e. The minimum atomic E-state index is -4.77. The Bertz CT molecular complexity index is 1770. The topological polar surface area (TPSA) is 69.2 Å². The summed E-state index contributed by atoms with van der Waals surface area (Å²) in [6, 6.07) is 18.8. The highest BCUT2D eigenvalue weighted by Gasteiger charge is 2.32. The number of thiophene rings is 2. The van der Waals surface area contributed by atoms with Crippen molar-refractivity contribution in [3.05, 3.63) is 78.4 Å². The van der Waals surface area contributed by atoms with E-state index in [0.29, 0.717) is 17.1 Å². The van der Waals surface area contributed by atoms with E-state index in [-0.39, 0.29) is 11.5 Å². The van der Waals surface area contributed by atoms with Crippen LogP contribution in [-0.4, -0.2) is 12.7 Å². The lowest BCUT2D eigenvalue weighted by molar-refractivity contribution is -0.275. The van der Waals surface area contributed by atoms with Crippen LogP contribution in [0.25, 0.3) is 41.8 Å². The Hall–Kier alpha value is -4.14. The lowest BCUT2D eigenvalue weighted by atomic mass is 9.96. The zero-order valence-corrected chi connectivity index (χ0v) is 24.2. The van der Waals surface area contributed by atoms with Gasteiger partial charge in [-0.2, -0.15) is 8.73 Å². The van der Waals surface area contributed by atoms with Crippen molar-refractivity contribution in [2.75, 3.05) is 5.73 Å². The summed E-state index contributed by atoms with van der Waals surface area (Å²) in [4.78, 5) is 3.35. The van der Waals surface area contributed by atoms with Crippen LogP contribution in [0.2, 0.25) is 0 Å². The van der Waals surface area contributed by atoms with Gasteiger partial charge in [0.05, 0.1) is 11.4 Å². The standard InChI is InChI=1S/C29H17F6N3O2S3/c1-14-23(21-12-10-19(41-21)15-2-6-17(7-3-15)39-28(30,31)32)26-27(38-43-37-26)24(25(14)36)22-13-11-20(42-22)16-4-8-18(9-5-16)40-29(33,34)35/h2-13H,36H2,1H3. The van der Waals surface area contributed by atoms with E-state index in [9.17, 15) is 26.3 Å². The van der Waals surface area contributed by atoms with Gasteiger partial charge in [0, 0.05) is 36.3 Å². The van der Waals surface area contributed by atoms with Gasteiger partial charge in [0.1, 0.15) is 22.9 Å². The number of rotatable bonds is 6.